The minimum Gasteiger partial charge on any atom is -0.394 e. The SMILES string of the molecule is CC(NC(=O)N1CCCC1CO)c1ccc(-n2cncn2)cc1. The third-order valence-corrected chi connectivity index (χ3v) is 4.27. The van der Waals surface area contributed by atoms with E-state index in [0.29, 0.717) is 6.54 Å². The van der Waals surface area contributed by atoms with Crippen LogP contribution in [0.25, 0.3) is 5.69 Å². The largest absolute Gasteiger partial charge is 0.394 e. The molecule has 2 amide bonds. The highest BCUT2D eigenvalue weighted by Crippen LogP contribution is 2.19. The number of aromatic nitrogens is 3. The van der Waals surface area contributed by atoms with Gasteiger partial charge in [-0.05, 0) is 37.5 Å². The average molecular weight is 315 g/mol. The summed E-state index contributed by atoms with van der Waals surface area (Å²) in [6, 6.07) is 7.54. The third kappa shape index (κ3) is 3.34. The van der Waals surface area contributed by atoms with E-state index in [2.05, 4.69) is 15.4 Å². The Labute approximate surface area is 134 Å². The molecule has 23 heavy (non-hydrogen) atoms. The zero-order chi connectivity index (χ0) is 16.2. The fourth-order valence-electron chi connectivity index (χ4n) is 2.90. The van der Waals surface area contributed by atoms with Crippen LogP contribution in [-0.4, -0.2) is 50.0 Å². The molecule has 1 aromatic carbocycles. The lowest BCUT2D eigenvalue weighted by molar-refractivity contribution is 0.155. The van der Waals surface area contributed by atoms with Gasteiger partial charge in [-0.2, -0.15) is 5.10 Å². The lowest BCUT2D eigenvalue weighted by atomic mass is 10.1. The van der Waals surface area contributed by atoms with Gasteiger partial charge in [-0.15, -0.1) is 0 Å². The number of urea groups is 1. The van der Waals surface area contributed by atoms with Gasteiger partial charge in [-0.3, -0.25) is 0 Å². The van der Waals surface area contributed by atoms with Crippen LogP contribution in [0.5, 0.6) is 0 Å². The minimum absolute atomic E-state index is 0.0222. The number of aliphatic hydroxyl groups excluding tert-OH is 1. The smallest absolute Gasteiger partial charge is 0.318 e. The Morgan fingerprint density at radius 3 is 2.87 bits per heavy atom. The average Bonchev–Trinajstić information content (AvgIpc) is 3.26. The molecule has 1 aliphatic rings. The second-order valence-electron chi connectivity index (χ2n) is 5.77. The summed E-state index contributed by atoms with van der Waals surface area (Å²) in [5.41, 5.74) is 1.94. The van der Waals surface area contributed by atoms with Gasteiger partial charge in [0, 0.05) is 6.54 Å². The number of hydrogen-bond acceptors (Lipinski definition) is 4. The van der Waals surface area contributed by atoms with Crippen molar-refractivity contribution in [1.82, 2.24) is 25.0 Å². The van der Waals surface area contributed by atoms with Gasteiger partial charge in [0.05, 0.1) is 24.4 Å². The van der Waals surface area contributed by atoms with E-state index in [1.165, 1.54) is 6.33 Å². The van der Waals surface area contributed by atoms with Gasteiger partial charge in [0.15, 0.2) is 0 Å². The fourth-order valence-corrected chi connectivity index (χ4v) is 2.90. The number of aliphatic hydroxyl groups is 1. The van der Waals surface area contributed by atoms with Crippen molar-refractivity contribution in [1.29, 1.82) is 0 Å². The standard InChI is InChI=1S/C16H21N5O2/c1-12(19-16(23)20-8-2-3-15(20)9-22)13-4-6-14(7-5-13)21-11-17-10-18-21/h4-7,10-12,15,22H,2-3,8-9H2,1H3,(H,19,23). The molecule has 0 saturated carbocycles. The number of amides is 2. The molecule has 1 fully saturated rings. The van der Waals surface area contributed by atoms with Crippen LogP contribution in [0.15, 0.2) is 36.9 Å². The lowest BCUT2D eigenvalue weighted by Crippen LogP contribution is -2.44. The Bertz CT molecular complexity index is 641. The number of nitrogens with zero attached hydrogens (tertiary/aromatic N) is 4. The van der Waals surface area contributed by atoms with Crippen LogP contribution in [0, 0.1) is 0 Å². The Hall–Kier alpha value is -2.41. The molecule has 1 aromatic heterocycles. The molecule has 0 radical (unpaired) electrons. The summed E-state index contributed by atoms with van der Waals surface area (Å²) in [6.45, 7) is 2.68. The number of benzene rings is 1. The molecular weight excluding hydrogens is 294 g/mol. The Balaban J connectivity index is 1.64. The van der Waals surface area contributed by atoms with Crippen LogP contribution in [0.3, 0.4) is 0 Å². The molecule has 1 aliphatic heterocycles. The van der Waals surface area contributed by atoms with Gasteiger partial charge >= 0.3 is 6.03 Å². The van der Waals surface area contributed by atoms with E-state index in [1.807, 2.05) is 31.2 Å². The van der Waals surface area contributed by atoms with Crippen LogP contribution in [0.1, 0.15) is 31.4 Å². The first kappa shape index (κ1) is 15.5. The van der Waals surface area contributed by atoms with Gasteiger partial charge in [0.1, 0.15) is 12.7 Å². The Morgan fingerprint density at radius 2 is 2.22 bits per heavy atom. The topological polar surface area (TPSA) is 83.3 Å². The molecule has 7 nitrogen and oxygen atoms in total. The molecule has 3 rings (SSSR count). The first-order valence-electron chi connectivity index (χ1n) is 7.82. The highest BCUT2D eigenvalue weighted by atomic mass is 16.3. The molecule has 122 valence electrons. The molecule has 2 N–H and O–H groups in total. The Kier molecular flexibility index (Phi) is 4.57. The van der Waals surface area contributed by atoms with Crippen LogP contribution in [0.4, 0.5) is 4.79 Å². The maximum Gasteiger partial charge on any atom is 0.318 e. The van der Waals surface area contributed by atoms with Crippen molar-refractivity contribution >= 4 is 6.03 Å². The number of rotatable bonds is 4. The number of hydrogen-bond donors (Lipinski definition) is 2. The quantitative estimate of drug-likeness (QED) is 0.895. The molecule has 2 aromatic rings. The van der Waals surface area contributed by atoms with Crippen molar-refractivity contribution in [2.75, 3.05) is 13.2 Å². The normalized spacial score (nSPS) is 18.9. The van der Waals surface area contributed by atoms with E-state index in [0.717, 1.165) is 24.1 Å². The van der Waals surface area contributed by atoms with Crippen LogP contribution in [0.2, 0.25) is 0 Å². The zero-order valence-electron chi connectivity index (χ0n) is 13.1. The predicted molar refractivity (Wildman–Crippen MR) is 85.1 cm³/mol. The number of likely N-dealkylation sites (tertiary alicyclic amines) is 1. The second-order valence-corrected chi connectivity index (χ2v) is 5.77. The molecule has 2 unspecified atom stereocenters. The predicted octanol–water partition coefficient (Wildman–Crippen LogP) is 1.49. The van der Waals surface area contributed by atoms with E-state index >= 15 is 0 Å². The lowest BCUT2D eigenvalue weighted by Gasteiger charge is -2.25. The molecule has 1 saturated heterocycles. The van der Waals surface area contributed by atoms with Gasteiger partial charge in [0.25, 0.3) is 0 Å². The summed E-state index contributed by atoms with van der Waals surface area (Å²) in [4.78, 5) is 18.0. The Morgan fingerprint density at radius 1 is 1.43 bits per heavy atom. The number of nitrogens with one attached hydrogen (secondary N) is 1. The molecule has 2 atom stereocenters. The zero-order valence-corrected chi connectivity index (χ0v) is 13.1. The monoisotopic (exact) mass is 315 g/mol. The molecule has 0 aliphatic carbocycles. The summed E-state index contributed by atoms with van der Waals surface area (Å²) >= 11 is 0. The third-order valence-electron chi connectivity index (χ3n) is 4.27. The summed E-state index contributed by atoms with van der Waals surface area (Å²) in [5.74, 6) is 0. The van der Waals surface area contributed by atoms with E-state index in [9.17, 15) is 9.90 Å². The summed E-state index contributed by atoms with van der Waals surface area (Å²) in [6.07, 6.45) is 4.94. The molecule has 7 heteroatoms. The van der Waals surface area contributed by atoms with Crippen molar-refractivity contribution in [3.63, 3.8) is 0 Å². The van der Waals surface area contributed by atoms with Crippen molar-refractivity contribution in [3.8, 4) is 5.69 Å². The van der Waals surface area contributed by atoms with Crippen LogP contribution in [-0.2, 0) is 0 Å². The highest BCUT2D eigenvalue weighted by molar-refractivity contribution is 5.75. The van der Waals surface area contributed by atoms with Crippen LogP contribution < -0.4 is 5.32 Å². The number of carbonyl (C=O) groups excluding carboxylic acids is 1. The highest BCUT2D eigenvalue weighted by Gasteiger charge is 2.28. The van der Waals surface area contributed by atoms with Crippen LogP contribution >= 0.6 is 0 Å². The molecule has 0 bridgehead atoms. The molecular formula is C16H21N5O2. The van der Waals surface area contributed by atoms with Crippen molar-refractivity contribution in [2.45, 2.75) is 31.8 Å². The van der Waals surface area contributed by atoms with Crippen molar-refractivity contribution < 1.29 is 9.90 Å². The van der Waals surface area contributed by atoms with E-state index in [-0.39, 0.29) is 24.7 Å². The summed E-state index contributed by atoms with van der Waals surface area (Å²) < 4.78 is 1.68. The summed E-state index contributed by atoms with van der Waals surface area (Å²) in [7, 11) is 0. The second kappa shape index (κ2) is 6.78. The fraction of sp³-hybridized carbons (Fsp3) is 0.438. The van der Waals surface area contributed by atoms with Gasteiger partial charge in [0.2, 0.25) is 0 Å². The van der Waals surface area contributed by atoms with E-state index < -0.39 is 0 Å². The van der Waals surface area contributed by atoms with Gasteiger partial charge in [-0.1, -0.05) is 12.1 Å². The van der Waals surface area contributed by atoms with Crippen molar-refractivity contribution in [3.05, 3.63) is 42.5 Å². The van der Waals surface area contributed by atoms with Gasteiger partial charge < -0.3 is 15.3 Å². The maximum atomic E-state index is 12.3. The molecule has 0 spiro atoms. The molecule has 2 heterocycles. The van der Waals surface area contributed by atoms with Crippen molar-refractivity contribution in [2.24, 2.45) is 0 Å². The van der Waals surface area contributed by atoms with Gasteiger partial charge in [-0.25, -0.2) is 14.5 Å². The summed E-state index contributed by atoms with van der Waals surface area (Å²) in [5, 5.41) is 16.4. The minimum atomic E-state index is -0.116. The maximum absolute atomic E-state index is 12.3. The van der Waals surface area contributed by atoms with E-state index in [4.69, 9.17) is 0 Å². The first-order valence-corrected chi connectivity index (χ1v) is 7.82. The number of carbonyl (C=O) groups is 1. The van der Waals surface area contributed by atoms with E-state index in [1.54, 1.807) is 15.9 Å². The first-order chi connectivity index (χ1) is 11.2.